The van der Waals surface area contributed by atoms with Crippen molar-refractivity contribution in [2.24, 2.45) is 17.8 Å². The van der Waals surface area contributed by atoms with E-state index in [1.165, 1.54) is 24.0 Å². The van der Waals surface area contributed by atoms with Crippen molar-refractivity contribution in [2.75, 3.05) is 18.6 Å². The standard InChI is InChI=1S/C36H45N3O4/c1-24-18-30(14-17-34(24)43-2)27-10-8-26(9-11-27)22-38(36(42)28-12-6-25(7-13-28)19-35(40)41)33-5-3-4-29(20-33)31-21-37-39(23-31)32-15-16-32/h3-5,14,17-18,20-21,23,25-28,32H,6-13,15-16,19,22H2,1-2H3,(H,40,41)/t25-,26-,27-,28-. The number of carbonyl (C=O) groups is 2. The summed E-state index contributed by atoms with van der Waals surface area (Å²) in [6.07, 6.45) is 14.3. The van der Waals surface area contributed by atoms with Gasteiger partial charge in [0.05, 0.1) is 19.3 Å². The molecule has 3 fully saturated rings. The van der Waals surface area contributed by atoms with Gasteiger partial charge in [0.25, 0.3) is 0 Å². The molecule has 0 atom stereocenters. The van der Waals surface area contributed by atoms with Crippen LogP contribution in [-0.2, 0) is 9.59 Å². The number of methoxy groups -OCH3 is 1. The lowest BCUT2D eigenvalue weighted by atomic mass is 9.77. The molecule has 3 aliphatic rings. The summed E-state index contributed by atoms with van der Waals surface area (Å²) in [5.41, 5.74) is 5.71. The summed E-state index contributed by atoms with van der Waals surface area (Å²) in [6, 6.07) is 15.5. The van der Waals surface area contributed by atoms with E-state index in [0.29, 0.717) is 17.9 Å². The van der Waals surface area contributed by atoms with Crippen LogP contribution >= 0.6 is 0 Å². The maximum atomic E-state index is 14.2. The Morgan fingerprint density at radius 1 is 0.930 bits per heavy atom. The van der Waals surface area contributed by atoms with Gasteiger partial charge in [-0.3, -0.25) is 14.3 Å². The molecular formula is C36H45N3O4. The van der Waals surface area contributed by atoms with Gasteiger partial charge in [-0.25, -0.2) is 0 Å². The SMILES string of the molecule is COc1ccc([C@H]2CC[C@H](CN(c3cccc(-c4cnn(C5CC5)c4)c3)C(=O)[C@H]3CC[C@H](CC(=O)O)CC3)CC2)cc1C. The second-order valence-electron chi connectivity index (χ2n) is 13.2. The third kappa shape index (κ3) is 6.97. The van der Waals surface area contributed by atoms with Gasteiger partial charge in [-0.15, -0.1) is 0 Å². The maximum absolute atomic E-state index is 14.2. The van der Waals surface area contributed by atoms with Crippen molar-refractivity contribution < 1.29 is 19.4 Å². The summed E-state index contributed by atoms with van der Waals surface area (Å²) in [4.78, 5) is 27.5. The predicted octanol–water partition coefficient (Wildman–Crippen LogP) is 7.79. The average molecular weight is 584 g/mol. The van der Waals surface area contributed by atoms with E-state index in [9.17, 15) is 14.7 Å². The number of aromatic nitrogens is 2. The fourth-order valence-corrected chi connectivity index (χ4v) is 7.37. The van der Waals surface area contributed by atoms with Crippen LogP contribution in [0.3, 0.4) is 0 Å². The highest BCUT2D eigenvalue weighted by molar-refractivity contribution is 5.95. The highest BCUT2D eigenvalue weighted by atomic mass is 16.5. The zero-order valence-electron chi connectivity index (χ0n) is 25.6. The minimum atomic E-state index is -0.737. The molecule has 7 nitrogen and oxygen atoms in total. The molecule has 0 aliphatic heterocycles. The van der Waals surface area contributed by atoms with Crippen molar-refractivity contribution in [3.05, 3.63) is 66.0 Å². The molecule has 43 heavy (non-hydrogen) atoms. The Morgan fingerprint density at radius 3 is 2.35 bits per heavy atom. The molecule has 1 amide bonds. The Balaban J connectivity index is 1.18. The number of amides is 1. The highest BCUT2D eigenvalue weighted by Crippen LogP contribution is 2.40. The quantitative estimate of drug-likeness (QED) is 0.263. The number of hydrogen-bond acceptors (Lipinski definition) is 4. The van der Waals surface area contributed by atoms with Crippen molar-refractivity contribution in [3.63, 3.8) is 0 Å². The van der Waals surface area contributed by atoms with Crippen LogP contribution < -0.4 is 9.64 Å². The van der Waals surface area contributed by atoms with Crippen molar-refractivity contribution in [1.29, 1.82) is 0 Å². The lowest BCUT2D eigenvalue weighted by Gasteiger charge is -2.36. The number of ether oxygens (including phenoxy) is 1. The number of benzene rings is 2. The van der Waals surface area contributed by atoms with E-state index >= 15 is 0 Å². The molecule has 1 N–H and O–H groups in total. The monoisotopic (exact) mass is 583 g/mol. The lowest BCUT2D eigenvalue weighted by molar-refractivity contribution is -0.138. The number of aliphatic carboxylic acids is 1. The van der Waals surface area contributed by atoms with Crippen molar-refractivity contribution in [3.8, 4) is 16.9 Å². The predicted molar refractivity (Wildman–Crippen MR) is 168 cm³/mol. The van der Waals surface area contributed by atoms with Crippen LogP contribution in [-0.4, -0.2) is 40.4 Å². The Morgan fingerprint density at radius 2 is 1.67 bits per heavy atom. The summed E-state index contributed by atoms with van der Waals surface area (Å²) in [7, 11) is 1.72. The summed E-state index contributed by atoms with van der Waals surface area (Å²) in [5.74, 6) is 1.52. The lowest BCUT2D eigenvalue weighted by Crippen LogP contribution is -2.41. The zero-order chi connectivity index (χ0) is 29.9. The Hall–Kier alpha value is -3.61. The molecule has 228 valence electrons. The third-order valence-electron chi connectivity index (χ3n) is 10.1. The second-order valence-corrected chi connectivity index (χ2v) is 13.2. The maximum Gasteiger partial charge on any atom is 0.303 e. The molecule has 0 spiro atoms. The van der Waals surface area contributed by atoms with Gasteiger partial charge < -0.3 is 14.7 Å². The van der Waals surface area contributed by atoms with E-state index in [2.05, 4.69) is 70.3 Å². The molecule has 0 saturated heterocycles. The second kappa shape index (κ2) is 12.9. The minimum Gasteiger partial charge on any atom is -0.496 e. The van der Waals surface area contributed by atoms with Crippen molar-refractivity contribution in [2.45, 2.75) is 89.5 Å². The van der Waals surface area contributed by atoms with Gasteiger partial charge in [-0.05, 0) is 124 Å². The first kappa shape index (κ1) is 29.5. The van der Waals surface area contributed by atoms with Gasteiger partial charge in [0.15, 0.2) is 0 Å². The summed E-state index contributed by atoms with van der Waals surface area (Å²) >= 11 is 0. The Labute approximate surface area is 255 Å². The van der Waals surface area contributed by atoms with Gasteiger partial charge in [0.1, 0.15) is 5.75 Å². The van der Waals surface area contributed by atoms with Crippen LogP contribution in [0.15, 0.2) is 54.9 Å². The van der Waals surface area contributed by atoms with E-state index in [1.54, 1.807) is 7.11 Å². The van der Waals surface area contributed by atoms with Gasteiger partial charge in [-0.2, -0.15) is 5.10 Å². The van der Waals surface area contributed by atoms with Crippen LogP contribution in [0, 0.1) is 24.7 Å². The van der Waals surface area contributed by atoms with Crippen LogP contribution in [0.1, 0.15) is 93.7 Å². The molecule has 3 aromatic rings. The van der Waals surface area contributed by atoms with Crippen molar-refractivity contribution >= 4 is 17.6 Å². The normalized spacial score (nSPS) is 24.0. The number of carboxylic acid groups (broad SMARTS) is 1. The van der Waals surface area contributed by atoms with Crippen LogP contribution in [0.25, 0.3) is 11.1 Å². The Bertz CT molecular complexity index is 1430. The number of carbonyl (C=O) groups excluding carboxylic acids is 1. The third-order valence-corrected chi connectivity index (χ3v) is 10.1. The van der Waals surface area contributed by atoms with Crippen LogP contribution in [0.4, 0.5) is 5.69 Å². The molecule has 6 rings (SSSR count). The van der Waals surface area contributed by atoms with E-state index in [0.717, 1.165) is 80.5 Å². The van der Waals surface area contributed by atoms with E-state index in [-0.39, 0.29) is 24.2 Å². The van der Waals surface area contributed by atoms with Crippen LogP contribution in [0.2, 0.25) is 0 Å². The molecule has 1 aromatic heterocycles. The number of aryl methyl sites for hydroxylation is 1. The largest absolute Gasteiger partial charge is 0.496 e. The minimum absolute atomic E-state index is 0.0510. The molecule has 0 bridgehead atoms. The molecular weight excluding hydrogens is 538 g/mol. The molecule has 3 saturated carbocycles. The number of hydrogen-bond donors (Lipinski definition) is 1. The van der Waals surface area contributed by atoms with Gasteiger partial charge in [0, 0.05) is 36.3 Å². The number of rotatable bonds is 10. The number of carboxylic acids is 1. The number of nitrogens with zero attached hydrogens (tertiary/aromatic N) is 3. The van der Waals surface area contributed by atoms with E-state index in [4.69, 9.17) is 4.74 Å². The first-order chi connectivity index (χ1) is 20.9. The highest BCUT2D eigenvalue weighted by Gasteiger charge is 2.33. The van der Waals surface area contributed by atoms with Gasteiger partial charge in [-0.1, -0.05) is 24.3 Å². The number of anilines is 1. The van der Waals surface area contributed by atoms with E-state index in [1.807, 2.05) is 6.20 Å². The van der Waals surface area contributed by atoms with Crippen LogP contribution in [0.5, 0.6) is 5.75 Å². The van der Waals surface area contributed by atoms with Gasteiger partial charge >= 0.3 is 5.97 Å². The molecule has 3 aliphatic carbocycles. The average Bonchev–Trinajstić information content (AvgIpc) is 3.76. The fraction of sp³-hybridized carbons (Fsp3) is 0.528. The zero-order valence-corrected chi connectivity index (χ0v) is 25.6. The van der Waals surface area contributed by atoms with Gasteiger partial charge in [0.2, 0.25) is 5.91 Å². The topological polar surface area (TPSA) is 84.7 Å². The summed E-state index contributed by atoms with van der Waals surface area (Å²) < 4.78 is 7.54. The molecule has 1 heterocycles. The molecule has 7 heteroatoms. The summed E-state index contributed by atoms with van der Waals surface area (Å²) in [5, 5.41) is 13.9. The Kier molecular flexibility index (Phi) is 8.87. The van der Waals surface area contributed by atoms with E-state index < -0.39 is 5.97 Å². The first-order valence-corrected chi connectivity index (χ1v) is 16.2. The molecule has 0 radical (unpaired) electrons. The first-order valence-electron chi connectivity index (χ1n) is 16.2. The smallest absolute Gasteiger partial charge is 0.303 e. The summed E-state index contributed by atoms with van der Waals surface area (Å²) in [6.45, 7) is 2.84. The molecule has 0 unspecified atom stereocenters. The van der Waals surface area contributed by atoms with Crippen molar-refractivity contribution in [1.82, 2.24) is 9.78 Å². The molecule has 2 aromatic carbocycles. The fourth-order valence-electron chi connectivity index (χ4n) is 7.37.